The molecule has 0 atom stereocenters. The highest BCUT2D eigenvalue weighted by Crippen LogP contribution is 2.23. The average molecular weight is 421 g/mol. The van der Waals surface area contributed by atoms with Crippen LogP contribution in [0.15, 0.2) is 59.7 Å². The molecule has 8 nitrogen and oxygen atoms in total. The zero-order chi connectivity index (χ0) is 22.1. The summed E-state index contributed by atoms with van der Waals surface area (Å²) >= 11 is 0. The van der Waals surface area contributed by atoms with E-state index in [0.29, 0.717) is 17.0 Å². The zero-order valence-electron chi connectivity index (χ0n) is 17.6. The van der Waals surface area contributed by atoms with Gasteiger partial charge in [0.05, 0.1) is 0 Å². The number of anilines is 1. The van der Waals surface area contributed by atoms with Gasteiger partial charge in [0, 0.05) is 62.5 Å². The van der Waals surface area contributed by atoms with Crippen LogP contribution >= 0.6 is 0 Å². The van der Waals surface area contributed by atoms with Crippen LogP contribution in [-0.4, -0.2) is 49.2 Å². The first-order chi connectivity index (χ1) is 15.0. The molecule has 1 amide bonds. The van der Waals surface area contributed by atoms with Gasteiger partial charge in [0.25, 0.3) is 11.9 Å². The third-order valence-corrected chi connectivity index (χ3v) is 4.85. The number of aryl methyl sites for hydroxylation is 1. The van der Waals surface area contributed by atoms with Crippen molar-refractivity contribution in [2.24, 2.45) is 10.7 Å². The summed E-state index contributed by atoms with van der Waals surface area (Å²) in [6, 6.07) is 13.0. The maximum Gasteiger partial charge on any atom is 0.292 e. The van der Waals surface area contributed by atoms with Crippen LogP contribution < -0.4 is 21.1 Å². The first-order valence-corrected chi connectivity index (χ1v) is 10.2. The maximum atomic E-state index is 12.8. The molecule has 5 N–H and O–H groups in total. The highest BCUT2D eigenvalue weighted by molar-refractivity contribution is 6.04. The van der Waals surface area contributed by atoms with Crippen molar-refractivity contribution in [1.29, 1.82) is 5.41 Å². The molecule has 31 heavy (non-hydrogen) atoms. The van der Waals surface area contributed by atoms with Crippen molar-refractivity contribution in [1.82, 2.24) is 10.2 Å². The molecule has 0 spiro atoms. The number of rotatable bonds is 7. The number of allylic oxidation sites excluding steroid dienone is 1. The molecule has 0 radical (unpaired) electrons. The Kier molecular flexibility index (Phi) is 7.91. The number of ether oxygens (including phenoxy) is 1. The van der Waals surface area contributed by atoms with Gasteiger partial charge in [0.2, 0.25) is 0 Å². The molecule has 0 aliphatic carbocycles. The number of nitrogens with one attached hydrogen (secondary N) is 3. The standard InChI is InChI=1S/C23H28N6O2/c1-17-6-7-20(15-21(17)31-23(25)27-9-3-8-24)28-22(30)19-5-2-4-18(14-19)16-29-12-10-26-11-13-29/h2-9,14-15,24,26H,10-13,16H2,1H3,(H2,25,27)(H,28,30)/b9-3-,24-8?. The van der Waals surface area contributed by atoms with Crippen molar-refractivity contribution in [3.63, 3.8) is 0 Å². The summed E-state index contributed by atoms with van der Waals surface area (Å²) in [4.78, 5) is 19.1. The molecule has 3 rings (SSSR count). The molecular weight excluding hydrogens is 392 g/mol. The second-order valence-electron chi connectivity index (χ2n) is 7.24. The summed E-state index contributed by atoms with van der Waals surface area (Å²) < 4.78 is 5.56. The number of hydrogen-bond acceptors (Lipinski definition) is 6. The van der Waals surface area contributed by atoms with E-state index in [2.05, 4.69) is 20.5 Å². The van der Waals surface area contributed by atoms with Crippen LogP contribution in [0.5, 0.6) is 5.75 Å². The Morgan fingerprint density at radius 3 is 2.87 bits per heavy atom. The SMILES string of the molecule is Cc1ccc(NC(=O)c2cccc(CN3CCNCC3)c2)cc1OC(N)=N/C=C\C=N. The van der Waals surface area contributed by atoms with Crippen LogP contribution in [0.25, 0.3) is 0 Å². The first kappa shape index (κ1) is 22.2. The van der Waals surface area contributed by atoms with E-state index in [9.17, 15) is 4.79 Å². The molecular formula is C23H28N6O2. The van der Waals surface area contributed by atoms with E-state index in [1.807, 2.05) is 43.3 Å². The molecule has 0 aromatic heterocycles. The van der Waals surface area contributed by atoms with Gasteiger partial charge >= 0.3 is 0 Å². The van der Waals surface area contributed by atoms with Gasteiger partial charge in [-0.2, -0.15) is 0 Å². The molecule has 1 saturated heterocycles. The predicted octanol–water partition coefficient (Wildman–Crippen LogP) is 2.51. The van der Waals surface area contributed by atoms with E-state index in [4.69, 9.17) is 15.9 Å². The number of benzene rings is 2. The van der Waals surface area contributed by atoms with E-state index in [0.717, 1.165) is 50.1 Å². The number of carbonyl (C=O) groups is 1. The maximum absolute atomic E-state index is 12.8. The minimum atomic E-state index is -0.187. The van der Waals surface area contributed by atoms with Gasteiger partial charge in [0.15, 0.2) is 0 Å². The largest absolute Gasteiger partial charge is 0.426 e. The minimum absolute atomic E-state index is 0.0507. The number of amides is 1. The number of hydrogen-bond donors (Lipinski definition) is 4. The Bertz CT molecular complexity index is 980. The van der Waals surface area contributed by atoms with Gasteiger partial charge in [-0.25, -0.2) is 4.99 Å². The zero-order valence-corrected chi connectivity index (χ0v) is 17.6. The van der Waals surface area contributed by atoms with E-state index in [1.54, 1.807) is 6.07 Å². The summed E-state index contributed by atoms with van der Waals surface area (Å²) in [5, 5.41) is 13.2. The fraction of sp³-hybridized carbons (Fsp3) is 0.261. The summed E-state index contributed by atoms with van der Waals surface area (Å²) in [5.41, 5.74) is 8.93. The van der Waals surface area contributed by atoms with Crippen LogP contribution in [0, 0.1) is 12.3 Å². The molecule has 8 heteroatoms. The number of nitrogens with zero attached hydrogens (tertiary/aromatic N) is 2. The molecule has 1 aliphatic rings. The summed E-state index contributed by atoms with van der Waals surface area (Å²) in [6.45, 7) is 6.70. The van der Waals surface area contributed by atoms with Crippen LogP contribution in [0.3, 0.4) is 0 Å². The van der Waals surface area contributed by atoms with Gasteiger partial charge in [0.1, 0.15) is 5.75 Å². The third-order valence-electron chi connectivity index (χ3n) is 4.85. The molecule has 0 saturated carbocycles. The molecule has 2 aromatic carbocycles. The number of carbonyl (C=O) groups excluding carboxylic acids is 1. The number of amidine groups is 1. The van der Waals surface area contributed by atoms with E-state index >= 15 is 0 Å². The monoisotopic (exact) mass is 420 g/mol. The Labute approximate surface area is 182 Å². The van der Waals surface area contributed by atoms with Crippen molar-refractivity contribution in [3.8, 4) is 5.75 Å². The molecule has 1 aliphatic heterocycles. The van der Waals surface area contributed by atoms with Gasteiger partial charge in [-0.05, 0) is 42.3 Å². The molecule has 162 valence electrons. The van der Waals surface area contributed by atoms with Crippen LogP contribution in [0.1, 0.15) is 21.5 Å². The normalized spacial score (nSPS) is 15.1. The van der Waals surface area contributed by atoms with Crippen molar-refractivity contribution in [3.05, 3.63) is 71.4 Å². The number of nitrogens with two attached hydrogens (primary N) is 1. The first-order valence-electron chi connectivity index (χ1n) is 10.2. The average Bonchev–Trinajstić information content (AvgIpc) is 2.77. The van der Waals surface area contributed by atoms with Gasteiger partial charge < -0.3 is 26.5 Å². The number of aliphatic imine (C=N–C) groups is 1. The Balaban J connectivity index is 1.67. The fourth-order valence-corrected chi connectivity index (χ4v) is 3.23. The van der Waals surface area contributed by atoms with Gasteiger partial charge in [-0.1, -0.05) is 18.2 Å². The Morgan fingerprint density at radius 2 is 2.10 bits per heavy atom. The fourth-order valence-electron chi connectivity index (χ4n) is 3.23. The minimum Gasteiger partial charge on any atom is -0.426 e. The topological polar surface area (TPSA) is 116 Å². The Hall–Kier alpha value is -3.49. The smallest absolute Gasteiger partial charge is 0.292 e. The highest BCUT2D eigenvalue weighted by Gasteiger charge is 2.13. The van der Waals surface area contributed by atoms with Gasteiger partial charge in [-0.15, -0.1) is 0 Å². The lowest BCUT2D eigenvalue weighted by molar-refractivity contribution is 0.102. The lowest BCUT2D eigenvalue weighted by Gasteiger charge is -2.27. The van der Waals surface area contributed by atoms with Crippen molar-refractivity contribution in [2.45, 2.75) is 13.5 Å². The van der Waals surface area contributed by atoms with E-state index < -0.39 is 0 Å². The van der Waals surface area contributed by atoms with Crippen LogP contribution in [-0.2, 0) is 6.54 Å². The highest BCUT2D eigenvalue weighted by atomic mass is 16.5. The third kappa shape index (κ3) is 6.77. The quantitative estimate of drug-likeness (QED) is 0.406. The van der Waals surface area contributed by atoms with Gasteiger partial charge in [-0.3, -0.25) is 9.69 Å². The summed E-state index contributed by atoms with van der Waals surface area (Å²) in [6.07, 6.45) is 3.89. The molecule has 0 bridgehead atoms. The van der Waals surface area contributed by atoms with Crippen molar-refractivity contribution < 1.29 is 9.53 Å². The second-order valence-corrected chi connectivity index (χ2v) is 7.24. The Morgan fingerprint density at radius 1 is 1.29 bits per heavy atom. The second kappa shape index (κ2) is 11.1. The number of piperazine rings is 1. The van der Waals surface area contributed by atoms with Crippen LogP contribution in [0.2, 0.25) is 0 Å². The van der Waals surface area contributed by atoms with E-state index in [-0.39, 0.29) is 11.9 Å². The lowest BCUT2D eigenvalue weighted by atomic mass is 10.1. The van der Waals surface area contributed by atoms with Crippen molar-refractivity contribution in [2.75, 3.05) is 31.5 Å². The molecule has 0 unspecified atom stereocenters. The lowest BCUT2D eigenvalue weighted by Crippen LogP contribution is -2.42. The van der Waals surface area contributed by atoms with Crippen LogP contribution in [0.4, 0.5) is 5.69 Å². The summed E-state index contributed by atoms with van der Waals surface area (Å²) in [7, 11) is 0. The molecule has 1 heterocycles. The van der Waals surface area contributed by atoms with E-state index in [1.165, 1.54) is 12.3 Å². The summed E-state index contributed by atoms with van der Waals surface area (Å²) in [5.74, 6) is 0.308. The van der Waals surface area contributed by atoms with Crippen molar-refractivity contribution >= 4 is 23.8 Å². The molecule has 2 aromatic rings. The molecule has 1 fully saturated rings. The predicted molar refractivity (Wildman–Crippen MR) is 124 cm³/mol.